The van der Waals surface area contributed by atoms with E-state index in [1.54, 1.807) is 0 Å². The van der Waals surface area contributed by atoms with Crippen LogP contribution in [0.15, 0.2) is 91.0 Å². The predicted molar refractivity (Wildman–Crippen MR) is 120 cm³/mol. The number of hydrogen-bond acceptors (Lipinski definition) is 4. The molecular weight excluding hydrogens is 393 g/mol. The second-order valence-corrected chi connectivity index (χ2v) is 10.7. The van der Waals surface area contributed by atoms with Crippen molar-refractivity contribution in [3.63, 3.8) is 0 Å². The average Bonchev–Trinajstić information content (AvgIpc) is 2.80. The van der Waals surface area contributed by atoms with Crippen LogP contribution < -0.4 is 5.32 Å². The van der Waals surface area contributed by atoms with Gasteiger partial charge < -0.3 is 9.63 Å². The lowest BCUT2D eigenvalue weighted by atomic mass is 9.95. The van der Waals surface area contributed by atoms with E-state index in [0.29, 0.717) is 0 Å². The summed E-state index contributed by atoms with van der Waals surface area (Å²) in [5.74, 6) is -1.87. The number of benzene rings is 3. The van der Waals surface area contributed by atoms with E-state index in [-0.39, 0.29) is 12.0 Å². The van der Waals surface area contributed by atoms with Gasteiger partial charge in [0.25, 0.3) is 7.37 Å². The van der Waals surface area contributed by atoms with E-state index in [0.717, 1.165) is 16.7 Å². The number of aliphatic hydroxyl groups excluding tert-OH is 1. The van der Waals surface area contributed by atoms with Crippen LogP contribution in [-0.4, -0.2) is 11.0 Å². The highest BCUT2D eigenvalue weighted by molar-refractivity contribution is 7.59. The second-order valence-electron chi connectivity index (χ2n) is 8.11. The van der Waals surface area contributed by atoms with Gasteiger partial charge in [-0.3, -0.25) is 9.88 Å². The molecule has 1 saturated heterocycles. The maximum atomic E-state index is 14.3. The highest BCUT2D eigenvalue weighted by Crippen LogP contribution is 2.69. The van der Waals surface area contributed by atoms with Crippen molar-refractivity contribution < 1.29 is 14.2 Å². The third kappa shape index (κ3) is 4.01. The molecule has 4 nitrogen and oxygen atoms in total. The molecule has 0 bridgehead atoms. The first kappa shape index (κ1) is 21.0. The summed E-state index contributed by atoms with van der Waals surface area (Å²) in [6.07, 6.45) is -0.479. The minimum Gasteiger partial charge on any atom is -0.383 e. The fourth-order valence-electron chi connectivity index (χ4n) is 4.06. The third-order valence-corrected chi connectivity index (χ3v) is 8.70. The topological polar surface area (TPSA) is 58.6 Å². The summed E-state index contributed by atoms with van der Waals surface area (Å²) in [4.78, 5) is 0. The molecule has 0 radical (unpaired) electrons. The quantitative estimate of drug-likeness (QED) is 0.493. The fraction of sp³-hybridized carbons (Fsp3) is 0.280. The van der Waals surface area contributed by atoms with Gasteiger partial charge in [-0.15, -0.1) is 0 Å². The van der Waals surface area contributed by atoms with Crippen LogP contribution in [0, 0.1) is 5.92 Å². The zero-order valence-corrected chi connectivity index (χ0v) is 18.2. The summed E-state index contributed by atoms with van der Waals surface area (Å²) >= 11 is 0. The van der Waals surface area contributed by atoms with Gasteiger partial charge in [-0.05, 0) is 22.6 Å². The molecule has 0 aliphatic carbocycles. The summed E-state index contributed by atoms with van der Waals surface area (Å²) in [7, 11) is -3.53. The Morgan fingerprint density at radius 2 is 1.27 bits per heavy atom. The van der Waals surface area contributed by atoms with E-state index in [4.69, 9.17) is 4.52 Å². The largest absolute Gasteiger partial charge is 0.383 e. The van der Waals surface area contributed by atoms with Crippen molar-refractivity contribution in [2.45, 2.75) is 37.6 Å². The Bertz CT molecular complexity index is 995. The van der Waals surface area contributed by atoms with Gasteiger partial charge in [0.1, 0.15) is 17.7 Å². The number of hydrogen-bond donors (Lipinski definition) is 2. The molecule has 0 amide bonds. The summed E-state index contributed by atoms with van der Waals surface area (Å²) in [6, 6.07) is 29.3. The van der Waals surface area contributed by atoms with Crippen LogP contribution in [0.1, 0.15) is 48.5 Å². The molecule has 1 aliphatic heterocycles. The molecule has 0 saturated carbocycles. The van der Waals surface area contributed by atoms with E-state index in [1.807, 2.05) is 105 Å². The van der Waals surface area contributed by atoms with Crippen molar-refractivity contribution in [3.05, 3.63) is 108 Å². The molecule has 5 heteroatoms. The number of aliphatic hydroxyl groups is 1. The zero-order chi connectivity index (χ0) is 21.1. The van der Waals surface area contributed by atoms with Gasteiger partial charge in [-0.1, -0.05) is 105 Å². The molecule has 2 N–H and O–H groups in total. The Hall–Kier alpha value is -2.23. The van der Waals surface area contributed by atoms with E-state index in [9.17, 15) is 9.67 Å². The van der Waals surface area contributed by atoms with Gasteiger partial charge in [0.2, 0.25) is 0 Å². The van der Waals surface area contributed by atoms with Crippen molar-refractivity contribution in [3.8, 4) is 0 Å². The highest BCUT2D eigenvalue weighted by atomic mass is 31.2. The van der Waals surface area contributed by atoms with Crippen LogP contribution in [0.3, 0.4) is 0 Å². The molecule has 1 aliphatic rings. The van der Waals surface area contributed by atoms with Crippen molar-refractivity contribution in [2.24, 2.45) is 5.92 Å². The molecule has 30 heavy (non-hydrogen) atoms. The molecule has 1 heterocycles. The van der Waals surface area contributed by atoms with Crippen LogP contribution in [-0.2, 0) is 9.09 Å². The lowest BCUT2D eigenvalue weighted by Crippen LogP contribution is -2.40. The smallest absolute Gasteiger partial charge is 0.252 e. The average molecular weight is 421 g/mol. The summed E-state index contributed by atoms with van der Waals surface area (Å²) < 4.78 is 20.8. The molecule has 3 aromatic carbocycles. The molecule has 4 rings (SSSR count). The van der Waals surface area contributed by atoms with E-state index >= 15 is 0 Å². The molecule has 1 fully saturated rings. The maximum absolute atomic E-state index is 14.3. The Balaban J connectivity index is 1.84. The monoisotopic (exact) mass is 421 g/mol. The summed E-state index contributed by atoms with van der Waals surface area (Å²) in [6.45, 7) is 3.74. The van der Waals surface area contributed by atoms with Gasteiger partial charge in [0.05, 0.1) is 6.04 Å². The minimum absolute atomic E-state index is 0.200. The van der Waals surface area contributed by atoms with Crippen LogP contribution in [0.25, 0.3) is 0 Å². The first-order chi connectivity index (χ1) is 14.5. The van der Waals surface area contributed by atoms with Gasteiger partial charge in [0.15, 0.2) is 0 Å². The molecule has 1 unspecified atom stereocenters. The Labute approximate surface area is 178 Å². The first-order valence-electron chi connectivity index (χ1n) is 10.4. The van der Waals surface area contributed by atoms with E-state index in [1.165, 1.54) is 0 Å². The van der Waals surface area contributed by atoms with Crippen molar-refractivity contribution in [1.29, 1.82) is 0 Å². The minimum atomic E-state index is -3.53. The summed E-state index contributed by atoms with van der Waals surface area (Å²) in [5.41, 5.74) is 2.84. The van der Waals surface area contributed by atoms with Crippen LogP contribution >= 0.6 is 7.37 Å². The molecular formula is C25H28NO3P. The SMILES string of the molecule is CC(C)[C@@H](O)P1(=O)O[C@H](c2ccccc2)[C@H](c2ccccc2)N[C@@H]1c1ccccc1. The first-order valence-corrected chi connectivity index (χ1v) is 12.1. The van der Waals surface area contributed by atoms with Gasteiger partial charge in [0, 0.05) is 0 Å². The summed E-state index contributed by atoms with van der Waals surface area (Å²) in [5, 5.41) is 14.6. The zero-order valence-electron chi connectivity index (χ0n) is 17.3. The molecule has 3 aromatic rings. The van der Waals surface area contributed by atoms with Crippen molar-refractivity contribution in [1.82, 2.24) is 5.32 Å². The molecule has 0 spiro atoms. The van der Waals surface area contributed by atoms with Gasteiger partial charge in [-0.25, -0.2) is 0 Å². The Morgan fingerprint density at radius 3 is 1.77 bits per heavy atom. The van der Waals surface area contributed by atoms with Crippen molar-refractivity contribution >= 4 is 7.37 Å². The van der Waals surface area contributed by atoms with Gasteiger partial charge in [-0.2, -0.15) is 0 Å². The van der Waals surface area contributed by atoms with Crippen LogP contribution in [0.2, 0.25) is 0 Å². The van der Waals surface area contributed by atoms with E-state index < -0.39 is 25.1 Å². The highest BCUT2D eigenvalue weighted by Gasteiger charge is 2.51. The van der Waals surface area contributed by atoms with Crippen LogP contribution in [0.4, 0.5) is 0 Å². The predicted octanol–water partition coefficient (Wildman–Crippen LogP) is 6.04. The second kappa shape index (κ2) is 8.87. The molecule has 0 aromatic heterocycles. The van der Waals surface area contributed by atoms with E-state index in [2.05, 4.69) is 5.32 Å². The molecule has 156 valence electrons. The Kier molecular flexibility index (Phi) is 6.21. The normalized spacial score (nSPS) is 27.7. The third-order valence-electron chi connectivity index (χ3n) is 5.65. The lowest BCUT2D eigenvalue weighted by Gasteiger charge is -2.45. The van der Waals surface area contributed by atoms with Crippen molar-refractivity contribution in [2.75, 3.05) is 0 Å². The van der Waals surface area contributed by atoms with Gasteiger partial charge >= 0.3 is 0 Å². The number of nitrogens with one attached hydrogen (secondary N) is 1. The lowest BCUT2D eigenvalue weighted by molar-refractivity contribution is 0.0878. The van der Waals surface area contributed by atoms with Crippen LogP contribution in [0.5, 0.6) is 0 Å². The number of rotatable bonds is 5. The maximum Gasteiger partial charge on any atom is 0.252 e. The fourth-order valence-corrected chi connectivity index (χ4v) is 7.00. The Morgan fingerprint density at radius 1 is 0.800 bits per heavy atom. The standard InChI is InChI=1S/C25H28NO3P/c1-18(2)25(27)30(28)24(21-16-10-5-11-17-21)26-22(19-12-6-3-7-13-19)23(29-30)20-14-8-4-9-15-20/h3-18,22-27H,1-2H3/t22-,23+,24-,25-,30?/m0/s1. The molecule has 5 atom stereocenters.